The van der Waals surface area contributed by atoms with Crippen LogP contribution in [0.15, 0.2) is 12.3 Å². The summed E-state index contributed by atoms with van der Waals surface area (Å²) in [7, 11) is 0. The van der Waals surface area contributed by atoms with Crippen LogP contribution in [0.2, 0.25) is 0 Å². The monoisotopic (exact) mass is 284 g/mol. The first kappa shape index (κ1) is 13.8. The molecule has 2 saturated carbocycles. The number of aromatic nitrogens is 1. The fourth-order valence-corrected chi connectivity index (χ4v) is 4.80. The quantitative estimate of drug-likeness (QED) is 0.777. The molecule has 0 amide bonds. The van der Waals surface area contributed by atoms with Crippen molar-refractivity contribution in [1.82, 2.24) is 9.88 Å². The summed E-state index contributed by atoms with van der Waals surface area (Å²) in [6, 6.07) is 3.30. The molecule has 1 aromatic heterocycles. The number of hydrogen-bond acceptors (Lipinski definition) is 2. The Morgan fingerprint density at radius 2 is 2.05 bits per heavy atom. The first-order chi connectivity index (χ1) is 10.0. The Balaban J connectivity index is 1.56. The topological polar surface area (TPSA) is 16.1 Å². The van der Waals surface area contributed by atoms with E-state index in [4.69, 9.17) is 4.98 Å². The van der Waals surface area contributed by atoms with E-state index in [1.165, 1.54) is 49.0 Å². The standard InChI is InChI=1S/C19H28N2/c1-19(2,3)16-10-15-12-21(7-6-17(15)20-11-16)18-9-13-4-5-14(18)8-13/h10-11,13-14,18H,4-9,12H2,1-3H3. The predicted octanol–water partition coefficient (Wildman–Crippen LogP) is 3.93. The molecule has 0 spiro atoms. The molecule has 2 aliphatic carbocycles. The molecule has 0 N–H and O–H groups in total. The van der Waals surface area contributed by atoms with Gasteiger partial charge < -0.3 is 0 Å². The van der Waals surface area contributed by atoms with Crippen LogP contribution in [0.4, 0.5) is 0 Å². The lowest BCUT2D eigenvalue weighted by atomic mass is 9.86. The minimum Gasteiger partial charge on any atom is -0.295 e. The highest BCUT2D eigenvalue weighted by molar-refractivity contribution is 5.31. The van der Waals surface area contributed by atoms with Gasteiger partial charge in [-0.1, -0.05) is 33.3 Å². The third-order valence-corrected chi connectivity index (χ3v) is 6.10. The molecular weight excluding hydrogens is 256 g/mol. The lowest BCUT2D eigenvalue weighted by molar-refractivity contribution is 0.127. The van der Waals surface area contributed by atoms with E-state index in [-0.39, 0.29) is 5.41 Å². The molecule has 3 unspecified atom stereocenters. The smallest absolute Gasteiger partial charge is 0.0461 e. The first-order valence-corrected chi connectivity index (χ1v) is 8.73. The maximum absolute atomic E-state index is 4.77. The van der Waals surface area contributed by atoms with Crippen LogP contribution >= 0.6 is 0 Å². The third kappa shape index (κ3) is 2.42. The molecular formula is C19H28N2. The van der Waals surface area contributed by atoms with Crippen LogP contribution in [0.25, 0.3) is 0 Å². The summed E-state index contributed by atoms with van der Waals surface area (Å²) in [5.41, 5.74) is 4.44. The minimum atomic E-state index is 0.205. The van der Waals surface area contributed by atoms with Gasteiger partial charge in [0.1, 0.15) is 0 Å². The van der Waals surface area contributed by atoms with Crippen molar-refractivity contribution in [2.75, 3.05) is 6.54 Å². The zero-order chi connectivity index (χ0) is 14.6. The van der Waals surface area contributed by atoms with Gasteiger partial charge in [-0.05, 0) is 47.6 Å². The van der Waals surface area contributed by atoms with Crippen molar-refractivity contribution in [3.8, 4) is 0 Å². The maximum atomic E-state index is 4.77. The first-order valence-electron chi connectivity index (χ1n) is 8.73. The van der Waals surface area contributed by atoms with Crippen molar-refractivity contribution in [1.29, 1.82) is 0 Å². The van der Waals surface area contributed by atoms with Crippen LogP contribution in [0.1, 0.15) is 63.3 Å². The Morgan fingerprint density at radius 1 is 1.19 bits per heavy atom. The second kappa shape index (κ2) is 4.81. The van der Waals surface area contributed by atoms with Crippen molar-refractivity contribution >= 4 is 0 Å². The van der Waals surface area contributed by atoms with E-state index in [0.29, 0.717) is 0 Å². The molecule has 2 heterocycles. The summed E-state index contributed by atoms with van der Waals surface area (Å²) in [5, 5.41) is 0. The summed E-state index contributed by atoms with van der Waals surface area (Å²) in [6.07, 6.45) is 9.21. The Kier molecular flexibility index (Phi) is 3.15. The number of hydrogen-bond donors (Lipinski definition) is 0. The second-order valence-corrected chi connectivity index (χ2v) is 8.54. The summed E-state index contributed by atoms with van der Waals surface area (Å²) < 4.78 is 0. The molecule has 1 aliphatic heterocycles. The molecule has 2 bridgehead atoms. The van der Waals surface area contributed by atoms with E-state index in [1.807, 2.05) is 0 Å². The number of rotatable bonds is 1. The Labute approximate surface area is 129 Å². The van der Waals surface area contributed by atoms with E-state index < -0.39 is 0 Å². The van der Waals surface area contributed by atoms with Gasteiger partial charge in [-0.2, -0.15) is 0 Å². The summed E-state index contributed by atoms with van der Waals surface area (Å²) in [6.45, 7) is 9.22. The zero-order valence-electron chi connectivity index (χ0n) is 13.7. The summed E-state index contributed by atoms with van der Waals surface area (Å²) in [5.74, 6) is 2.04. The highest BCUT2D eigenvalue weighted by atomic mass is 15.2. The van der Waals surface area contributed by atoms with Crippen LogP contribution in [0.3, 0.4) is 0 Å². The Hall–Kier alpha value is -0.890. The van der Waals surface area contributed by atoms with E-state index in [1.54, 1.807) is 0 Å². The van der Waals surface area contributed by atoms with Crippen molar-refractivity contribution in [3.05, 3.63) is 29.1 Å². The fourth-order valence-electron chi connectivity index (χ4n) is 4.80. The molecule has 0 aromatic carbocycles. The molecule has 0 saturated heterocycles. The highest BCUT2D eigenvalue weighted by Gasteiger charge is 2.42. The average Bonchev–Trinajstić information content (AvgIpc) is 3.08. The van der Waals surface area contributed by atoms with Crippen molar-refractivity contribution in [2.24, 2.45) is 11.8 Å². The van der Waals surface area contributed by atoms with Gasteiger partial charge in [0.25, 0.3) is 0 Å². The average molecular weight is 284 g/mol. The van der Waals surface area contributed by atoms with Crippen LogP contribution in [-0.2, 0) is 18.4 Å². The van der Waals surface area contributed by atoms with E-state index in [2.05, 4.69) is 37.9 Å². The number of fused-ring (bicyclic) bond motifs is 3. The molecule has 4 rings (SSSR count). The van der Waals surface area contributed by atoms with Crippen LogP contribution in [-0.4, -0.2) is 22.5 Å². The number of pyridine rings is 1. The maximum Gasteiger partial charge on any atom is 0.0461 e. The second-order valence-electron chi connectivity index (χ2n) is 8.54. The van der Waals surface area contributed by atoms with Gasteiger partial charge in [0.2, 0.25) is 0 Å². The van der Waals surface area contributed by atoms with Gasteiger partial charge in [0.05, 0.1) is 0 Å². The Bertz CT molecular complexity index is 543. The molecule has 0 radical (unpaired) electrons. The molecule has 2 nitrogen and oxygen atoms in total. The molecule has 3 aliphatic rings. The fraction of sp³-hybridized carbons (Fsp3) is 0.737. The largest absolute Gasteiger partial charge is 0.295 e. The van der Waals surface area contributed by atoms with Crippen molar-refractivity contribution in [3.63, 3.8) is 0 Å². The SMILES string of the molecule is CC(C)(C)c1cnc2c(c1)CN(C1CC3CCC1C3)CC2. The van der Waals surface area contributed by atoms with Crippen LogP contribution in [0.5, 0.6) is 0 Å². The normalized spacial score (nSPS) is 32.4. The Morgan fingerprint density at radius 3 is 2.71 bits per heavy atom. The van der Waals surface area contributed by atoms with Gasteiger partial charge in [0, 0.05) is 37.4 Å². The molecule has 2 heteroatoms. The lowest BCUT2D eigenvalue weighted by Crippen LogP contribution is -2.42. The predicted molar refractivity (Wildman–Crippen MR) is 86.3 cm³/mol. The van der Waals surface area contributed by atoms with Crippen molar-refractivity contribution in [2.45, 2.75) is 70.9 Å². The zero-order valence-corrected chi connectivity index (χ0v) is 13.7. The molecule has 21 heavy (non-hydrogen) atoms. The van der Waals surface area contributed by atoms with Gasteiger partial charge in [-0.15, -0.1) is 0 Å². The van der Waals surface area contributed by atoms with Crippen LogP contribution < -0.4 is 0 Å². The van der Waals surface area contributed by atoms with E-state index >= 15 is 0 Å². The van der Waals surface area contributed by atoms with Crippen molar-refractivity contribution < 1.29 is 0 Å². The van der Waals surface area contributed by atoms with Gasteiger partial charge in [-0.3, -0.25) is 9.88 Å². The van der Waals surface area contributed by atoms with Gasteiger partial charge in [-0.25, -0.2) is 0 Å². The van der Waals surface area contributed by atoms with Crippen LogP contribution in [0, 0.1) is 11.8 Å². The highest BCUT2D eigenvalue weighted by Crippen LogP contribution is 2.47. The summed E-state index contributed by atoms with van der Waals surface area (Å²) >= 11 is 0. The molecule has 3 atom stereocenters. The molecule has 1 aromatic rings. The van der Waals surface area contributed by atoms with Gasteiger partial charge in [0.15, 0.2) is 0 Å². The number of nitrogens with zero attached hydrogens (tertiary/aromatic N) is 2. The van der Waals surface area contributed by atoms with Gasteiger partial charge >= 0.3 is 0 Å². The van der Waals surface area contributed by atoms with E-state index in [9.17, 15) is 0 Å². The third-order valence-electron chi connectivity index (χ3n) is 6.10. The molecule has 2 fully saturated rings. The summed E-state index contributed by atoms with van der Waals surface area (Å²) in [4.78, 5) is 7.55. The minimum absolute atomic E-state index is 0.205. The lowest BCUT2D eigenvalue weighted by Gasteiger charge is -2.38. The van der Waals surface area contributed by atoms with E-state index in [0.717, 1.165) is 30.8 Å². The molecule has 114 valence electrons.